The smallest absolute Gasteiger partial charge is 0.155 e. The van der Waals surface area contributed by atoms with Crippen LogP contribution in [0.2, 0.25) is 0 Å². The lowest BCUT2D eigenvalue weighted by atomic mass is 9.57. The van der Waals surface area contributed by atoms with Crippen molar-refractivity contribution in [3.63, 3.8) is 0 Å². The van der Waals surface area contributed by atoms with Gasteiger partial charge in [0.2, 0.25) is 0 Å². The highest BCUT2D eigenvalue weighted by Gasteiger charge is 2.45. The summed E-state index contributed by atoms with van der Waals surface area (Å²) in [6, 6.07) is 2.45. The van der Waals surface area contributed by atoms with Crippen LogP contribution in [0.25, 0.3) is 0 Å². The highest BCUT2D eigenvalue weighted by atomic mass is 16.1. The summed E-state index contributed by atoms with van der Waals surface area (Å²) >= 11 is 0. The van der Waals surface area contributed by atoms with Crippen LogP contribution in [0.1, 0.15) is 39.5 Å². The summed E-state index contributed by atoms with van der Waals surface area (Å²) < 4.78 is 0. The van der Waals surface area contributed by atoms with Crippen LogP contribution in [0.4, 0.5) is 0 Å². The zero-order valence-electron chi connectivity index (χ0n) is 10.6. The van der Waals surface area contributed by atoms with Crippen molar-refractivity contribution in [1.29, 1.82) is 5.26 Å². The van der Waals surface area contributed by atoms with Gasteiger partial charge in [-0.25, -0.2) is 0 Å². The van der Waals surface area contributed by atoms with E-state index in [0.717, 1.165) is 24.8 Å². The highest BCUT2D eigenvalue weighted by Crippen LogP contribution is 2.52. The molecule has 0 N–H and O–H groups in total. The van der Waals surface area contributed by atoms with Crippen LogP contribution in [0, 0.1) is 28.6 Å². The predicted octanol–water partition coefficient (Wildman–Crippen LogP) is 3.41. The molecule has 3 unspecified atom stereocenters. The molecule has 2 aliphatic rings. The van der Waals surface area contributed by atoms with Crippen molar-refractivity contribution in [3.8, 4) is 6.07 Å². The molecular formula is C15H19NO. The first-order valence-corrected chi connectivity index (χ1v) is 6.26. The summed E-state index contributed by atoms with van der Waals surface area (Å²) in [4.78, 5) is 11.5. The van der Waals surface area contributed by atoms with Crippen molar-refractivity contribution in [3.05, 3.63) is 23.8 Å². The van der Waals surface area contributed by atoms with E-state index in [-0.39, 0.29) is 17.1 Å². The van der Waals surface area contributed by atoms with Gasteiger partial charge in [-0.1, -0.05) is 24.6 Å². The van der Waals surface area contributed by atoms with E-state index in [0.29, 0.717) is 12.3 Å². The van der Waals surface area contributed by atoms with E-state index in [1.807, 2.05) is 6.92 Å². The molecule has 0 saturated heterocycles. The molecule has 2 rings (SSSR count). The van der Waals surface area contributed by atoms with Gasteiger partial charge in [-0.2, -0.15) is 5.26 Å². The van der Waals surface area contributed by atoms with Gasteiger partial charge >= 0.3 is 0 Å². The van der Waals surface area contributed by atoms with E-state index in [2.05, 4.69) is 19.6 Å². The fourth-order valence-corrected chi connectivity index (χ4v) is 3.13. The maximum atomic E-state index is 11.5. The highest BCUT2D eigenvalue weighted by molar-refractivity contribution is 5.91. The van der Waals surface area contributed by atoms with Crippen LogP contribution >= 0.6 is 0 Å². The molecular weight excluding hydrogens is 210 g/mol. The van der Waals surface area contributed by atoms with E-state index in [9.17, 15) is 10.1 Å². The molecule has 3 atom stereocenters. The Labute approximate surface area is 103 Å². The van der Waals surface area contributed by atoms with Gasteiger partial charge in [0.05, 0.1) is 12.0 Å². The lowest BCUT2D eigenvalue weighted by Gasteiger charge is -2.45. The molecule has 2 nitrogen and oxygen atoms in total. The fraction of sp³-hybridized carbons (Fsp3) is 0.600. The van der Waals surface area contributed by atoms with Gasteiger partial charge in [0, 0.05) is 11.8 Å². The van der Waals surface area contributed by atoms with E-state index < -0.39 is 0 Å². The van der Waals surface area contributed by atoms with Gasteiger partial charge in [-0.05, 0) is 38.2 Å². The van der Waals surface area contributed by atoms with Crippen molar-refractivity contribution in [2.45, 2.75) is 39.5 Å². The van der Waals surface area contributed by atoms with Crippen molar-refractivity contribution < 1.29 is 4.79 Å². The van der Waals surface area contributed by atoms with Crippen LogP contribution in [0.5, 0.6) is 0 Å². The Kier molecular flexibility index (Phi) is 2.95. The number of carbonyl (C=O) groups is 1. The van der Waals surface area contributed by atoms with Crippen LogP contribution in [0.3, 0.4) is 0 Å². The molecule has 0 radical (unpaired) electrons. The molecule has 0 aromatic heterocycles. The normalized spacial score (nSPS) is 36.8. The van der Waals surface area contributed by atoms with Gasteiger partial charge in [-0.15, -0.1) is 0 Å². The van der Waals surface area contributed by atoms with E-state index in [1.54, 1.807) is 6.08 Å². The Hall–Kier alpha value is -1.36. The van der Waals surface area contributed by atoms with Gasteiger partial charge in [0.1, 0.15) is 0 Å². The molecule has 0 heterocycles. The SMILES string of the molecule is C=C(C)C1CC2=CC(=O)CCC2(C)C(C#N)C1. The monoisotopic (exact) mass is 229 g/mol. The summed E-state index contributed by atoms with van der Waals surface area (Å²) in [5.74, 6) is 0.610. The van der Waals surface area contributed by atoms with Gasteiger partial charge in [0.15, 0.2) is 5.78 Å². The minimum atomic E-state index is -0.0748. The topological polar surface area (TPSA) is 40.9 Å². The van der Waals surface area contributed by atoms with E-state index in [4.69, 9.17) is 0 Å². The average Bonchev–Trinajstić information content (AvgIpc) is 2.28. The molecule has 2 heteroatoms. The maximum Gasteiger partial charge on any atom is 0.155 e. The fourth-order valence-electron chi connectivity index (χ4n) is 3.13. The molecule has 90 valence electrons. The average molecular weight is 229 g/mol. The molecule has 17 heavy (non-hydrogen) atoms. The maximum absolute atomic E-state index is 11.5. The second kappa shape index (κ2) is 4.14. The number of nitrogens with zero attached hydrogens (tertiary/aromatic N) is 1. The predicted molar refractivity (Wildman–Crippen MR) is 67.1 cm³/mol. The number of carbonyl (C=O) groups excluding carboxylic acids is 1. The first-order chi connectivity index (χ1) is 7.97. The molecule has 0 amide bonds. The van der Waals surface area contributed by atoms with Crippen molar-refractivity contribution in [1.82, 2.24) is 0 Å². The summed E-state index contributed by atoms with van der Waals surface area (Å²) in [7, 11) is 0. The molecule has 2 aliphatic carbocycles. The summed E-state index contributed by atoms with van der Waals surface area (Å²) in [6.45, 7) is 8.17. The zero-order chi connectivity index (χ0) is 12.6. The summed E-state index contributed by atoms with van der Waals surface area (Å²) in [6.07, 6.45) is 5.03. The van der Waals surface area contributed by atoms with Crippen LogP contribution in [-0.4, -0.2) is 5.78 Å². The Morgan fingerprint density at radius 1 is 1.65 bits per heavy atom. The number of fused-ring (bicyclic) bond motifs is 1. The van der Waals surface area contributed by atoms with Crippen molar-refractivity contribution in [2.75, 3.05) is 0 Å². The molecule has 0 aromatic rings. The number of ketones is 1. The summed E-state index contributed by atoms with van der Waals surface area (Å²) in [5, 5.41) is 9.37. The zero-order valence-corrected chi connectivity index (χ0v) is 10.6. The number of hydrogen-bond acceptors (Lipinski definition) is 2. The van der Waals surface area contributed by atoms with E-state index in [1.165, 1.54) is 5.57 Å². The summed E-state index contributed by atoms with van der Waals surface area (Å²) in [5.41, 5.74) is 2.24. The van der Waals surface area contributed by atoms with Crippen LogP contribution in [-0.2, 0) is 4.79 Å². The molecule has 0 bridgehead atoms. The first-order valence-electron chi connectivity index (χ1n) is 6.26. The Morgan fingerprint density at radius 2 is 2.35 bits per heavy atom. The Morgan fingerprint density at radius 3 is 2.94 bits per heavy atom. The van der Waals surface area contributed by atoms with Crippen molar-refractivity contribution in [2.24, 2.45) is 17.3 Å². The quantitative estimate of drug-likeness (QED) is 0.646. The standard InChI is InChI=1S/C15H19NO/c1-10(2)11-6-12-8-14(17)4-5-15(12,3)13(7-11)9-16/h8,11,13H,1,4-7H2,2-3H3. The third-order valence-electron chi connectivity index (χ3n) is 4.57. The Balaban J connectivity index is 2.38. The van der Waals surface area contributed by atoms with Crippen LogP contribution < -0.4 is 0 Å². The third-order valence-corrected chi connectivity index (χ3v) is 4.57. The number of allylic oxidation sites excluding steroid dienone is 3. The molecule has 0 aliphatic heterocycles. The number of hydrogen-bond donors (Lipinski definition) is 0. The molecule has 0 spiro atoms. The molecule has 0 aromatic carbocycles. The van der Waals surface area contributed by atoms with Gasteiger partial charge in [-0.3, -0.25) is 4.79 Å². The van der Waals surface area contributed by atoms with Gasteiger partial charge < -0.3 is 0 Å². The second-order valence-corrected chi connectivity index (χ2v) is 5.72. The first kappa shape index (κ1) is 12.1. The minimum Gasteiger partial charge on any atom is -0.295 e. The number of nitriles is 1. The largest absolute Gasteiger partial charge is 0.295 e. The molecule has 1 fully saturated rings. The van der Waals surface area contributed by atoms with Gasteiger partial charge in [0.25, 0.3) is 0 Å². The second-order valence-electron chi connectivity index (χ2n) is 5.72. The van der Waals surface area contributed by atoms with E-state index >= 15 is 0 Å². The van der Waals surface area contributed by atoms with Crippen LogP contribution in [0.15, 0.2) is 23.8 Å². The Bertz CT molecular complexity index is 440. The lowest BCUT2D eigenvalue weighted by molar-refractivity contribution is -0.116. The number of rotatable bonds is 1. The molecule has 1 saturated carbocycles. The van der Waals surface area contributed by atoms with Crippen molar-refractivity contribution >= 4 is 5.78 Å². The lowest BCUT2D eigenvalue weighted by Crippen LogP contribution is -2.38. The minimum absolute atomic E-state index is 0.0253. The third kappa shape index (κ3) is 1.95.